The molecular formula is C16H20N4O. The van der Waals surface area contributed by atoms with E-state index >= 15 is 0 Å². The highest BCUT2D eigenvalue weighted by atomic mass is 16.3. The van der Waals surface area contributed by atoms with Crippen molar-refractivity contribution in [2.45, 2.75) is 32.2 Å². The Labute approximate surface area is 124 Å². The summed E-state index contributed by atoms with van der Waals surface area (Å²) in [5.74, 6) is 0.650. The van der Waals surface area contributed by atoms with E-state index in [1.54, 1.807) is 12.1 Å². The normalized spacial score (nSPS) is 18.7. The average molecular weight is 284 g/mol. The summed E-state index contributed by atoms with van der Waals surface area (Å²) in [5, 5.41) is 18.2. The highest BCUT2D eigenvalue weighted by Crippen LogP contribution is 2.33. The van der Waals surface area contributed by atoms with Crippen LogP contribution in [0.5, 0.6) is 5.75 Å². The van der Waals surface area contributed by atoms with Crippen LogP contribution in [0.4, 0.5) is 11.5 Å². The molecule has 2 heterocycles. The zero-order valence-electron chi connectivity index (χ0n) is 12.2. The standard InChI is InChI=1S/C16H20N4O/c1-11-6-4-5-9-20(11)14-10-13(18-19-16(14)17)12-7-2-3-8-15(12)21/h2-3,7-8,10-11,21H,4-6,9H2,1H3,(H2,17,19). The maximum absolute atomic E-state index is 9.97. The molecule has 0 amide bonds. The van der Waals surface area contributed by atoms with Gasteiger partial charge >= 0.3 is 0 Å². The van der Waals surface area contributed by atoms with Gasteiger partial charge in [-0.25, -0.2) is 0 Å². The number of hydrogen-bond donors (Lipinski definition) is 2. The zero-order chi connectivity index (χ0) is 14.8. The number of aromatic nitrogens is 2. The number of nitrogen functional groups attached to an aromatic ring is 1. The molecule has 5 heteroatoms. The molecule has 1 fully saturated rings. The summed E-state index contributed by atoms with van der Waals surface area (Å²) in [6.45, 7) is 3.19. The average Bonchev–Trinajstić information content (AvgIpc) is 2.49. The third-order valence-electron chi connectivity index (χ3n) is 4.09. The highest BCUT2D eigenvalue weighted by molar-refractivity contribution is 5.74. The van der Waals surface area contributed by atoms with Gasteiger partial charge in [-0.3, -0.25) is 0 Å². The Morgan fingerprint density at radius 2 is 2.05 bits per heavy atom. The number of benzene rings is 1. The monoisotopic (exact) mass is 284 g/mol. The molecule has 1 saturated heterocycles. The number of piperidine rings is 1. The van der Waals surface area contributed by atoms with Gasteiger partial charge in [0.2, 0.25) is 0 Å². The van der Waals surface area contributed by atoms with Gasteiger partial charge in [0, 0.05) is 18.2 Å². The van der Waals surface area contributed by atoms with Crippen molar-refractivity contribution in [2.24, 2.45) is 0 Å². The lowest BCUT2D eigenvalue weighted by atomic mass is 10.0. The molecule has 5 nitrogen and oxygen atoms in total. The first-order valence-electron chi connectivity index (χ1n) is 7.35. The first kappa shape index (κ1) is 13.7. The Kier molecular flexibility index (Phi) is 3.64. The Morgan fingerprint density at radius 3 is 2.81 bits per heavy atom. The largest absolute Gasteiger partial charge is 0.507 e. The Balaban J connectivity index is 2.02. The molecule has 1 aromatic heterocycles. The van der Waals surface area contributed by atoms with Crippen LogP contribution in [0.2, 0.25) is 0 Å². The lowest BCUT2D eigenvalue weighted by Crippen LogP contribution is -2.38. The second-order valence-corrected chi connectivity index (χ2v) is 5.56. The van der Waals surface area contributed by atoms with Crippen LogP contribution in [0.1, 0.15) is 26.2 Å². The number of phenolic OH excluding ortho intramolecular Hbond substituents is 1. The van der Waals surface area contributed by atoms with Crippen LogP contribution >= 0.6 is 0 Å². The molecule has 1 aromatic carbocycles. The van der Waals surface area contributed by atoms with Gasteiger partial charge in [-0.15, -0.1) is 10.2 Å². The van der Waals surface area contributed by atoms with E-state index < -0.39 is 0 Å². The van der Waals surface area contributed by atoms with Gasteiger partial charge in [0.05, 0.1) is 11.4 Å². The molecule has 3 rings (SSSR count). The Morgan fingerprint density at radius 1 is 1.24 bits per heavy atom. The Bertz CT molecular complexity index is 644. The number of para-hydroxylation sites is 1. The van der Waals surface area contributed by atoms with Crippen LogP contribution in [0.25, 0.3) is 11.3 Å². The van der Waals surface area contributed by atoms with E-state index in [0.29, 0.717) is 23.1 Å². The quantitative estimate of drug-likeness (QED) is 0.887. The van der Waals surface area contributed by atoms with Gasteiger partial charge in [0.25, 0.3) is 0 Å². The van der Waals surface area contributed by atoms with Gasteiger partial charge in [-0.1, -0.05) is 12.1 Å². The molecule has 1 aliphatic rings. The summed E-state index contributed by atoms with van der Waals surface area (Å²) in [4.78, 5) is 2.29. The smallest absolute Gasteiger partial charge is 0.169 e. The highest BCUT2D eigenvalue weighted by Gasteiger charge is 2.22. The van der Waals surface area contributed by atoms with Crippen molar-refractivity contribution in [3.05, 3.63) is 30.3 Å². The Hall–Kier alpha value is -2.30. The fourth-order valence-corrected chi connectivity index (χ4v) is 2.90. The van der Waals surface area contributed by atoms with Crippen LogP contribution in [0.3, 0.4) is 0 Å². The van der Waals surface area contributed by atoms with Crippen molar-refractivity contribution >= 4 is 11.5 Å². The minimum absolute atomic E-state index is 0.203. The van der Waals surface area contributed by atoms with Crippen molar-refractivity contribution in [2.75, 3.05) is 17.2 Å². The first-order valence-corrected chi connectivity index (χ1v) is 7.35. The van der Waals surface area contributed by atoms with Crippen molar-refractivity contribution in [1.29, 1.82) is 0 Å². The first-order chi connectivity index (χ1) is 10.2. The molecule has 1 aliphatic heterocycles. The van der Waals surface area contributed by atoms with E-state index in [0.717, 1.165) is 25.1 Å². The molecule has 0 saturated carbocycles. The van der Waals surface area contributed by atoms with Crippen LogP contribution in [-0.4, -0.2) is 27.9 Å². The second-order valence-electron chi connectivity index (χ2n) is 5.56. The van der Waals surface area contributed by atoms with E-state index in [2.05, 4.69) is 22.0 Å². The molecule has 1 atom stereocenters. The number of aromatic hydroxyl groups is 1. The van der Waals surface area contributed by atoms with Crippen molar-refractivity contribution in [3.8, 4) is 17.0 Å². The number of anilines is 2. The summed E-state index contributed by atoms with van der Waals surface area (Å²) in [6.07, 6.45) is 3.58. The van der Waals surface area contributed by atoms with Crippen LogP contribution < -0.4 is 10.6 Å². The molecule has 2 aromatic rings. The van der Waals surface area contributed by atoms with Gasteiger partial charge < -0.3 is 15.7 Å². The fraction of sp³-hybridized carbons (Fsp3) is 0.375. The van der Waals surface area contributed by atoms with Gasteiger partial charge in [-0.05, 0) is 44.4 Å². The van der Waals surface area contributed by atoms with E-state index in [-0.39, 0.29) is 5.75 Å². The number of phenols is 1. The minimum atomic E-state index is 0.203. The SMILES string of the molecule is CC1CCCCN1c1cc(-c2ccccc2O)nnc1N. The summed E-state index contributed by atoms with van der Waals surface area (Å²) in [5.41, 5.74) is 8.26. The molecule has 21 heavy (non-hydrogen) atoms. The number of hydrogen-bond acceptors (Lipinski definition) is 5. The molecule has 0 bridgehead atoms. The lowest BCUT2D eigenvalue weighted by Gasteiger charge is -2.35. The van der Waals surface area contributed by atoms with Crippen LogP contribution in [0.15, 0.2) is 30.3 Å². The molecule has 3 N–H and O–H groups in total. The third kappa shape index (κ3) is 2.63. The zero-order valence-corrected chi connectivity index (χ0v) is 12.2. The maximum atomic E-state index is 9.97. The summed E-state index contributed by atoms with van der Waals surface area (Å²) < 4.78 is 0. The molecular weight excluding hydrogens is 264 g/mol. The topological polar surface area (TPSA) is 75.3 Å². The fourth-order valence-electron chi connectivity index (χ4n) is 2.90. The second kappa shape index (κ2) is 5.60. The van der Waals surface area contributed by atoms with Gasteiger partial charge in [0.15, 0.2) is 5.82 Å². The predicted molar refractivity (Wildman–Crippen MR) is 84.2 cm³/mol. The van der Waals surface area contributed by atoms with E-state index in [1.807, 2.05) is 18.2 Å². The van der Waals surface area contributed by atoms with Crippen LogP contribution in [0, 0.1) is 0 Å². The summed E-state index contributed by atoms with van der Waals surface area (Å²) in [6, 6.07) is 9.52. The maximum Gasteiger partial charge on any atom is 0.169 e. The third-order valence-corrected chi connectivity index (χ3v) is 4.09. The van der Waals surface area contributed by atoms with Crippen molar-refractivity contribution in [1.82, 2.24) is 10.2 Å². The van der Waals surface area contributed by atoms with Crippen LogP contribution in [-0.2, 0) is 0 Å². The minimum Gasteiger partial charge on any atom is -0.507 e. The van der Waals surface area contributed by atoms with Crippen molar-refractivity contribution < 1.29 is 5.11 Å². The van der Waals surface area contributed by atoms with Gasteiger partial charge in [-0.2, -0.15) is 0 Å². The van der Waals surface area contributed by atoms with Gasteiger partial charge in [0.1, 0.15) is 5.75 Å². The summed E-state index contributed by atoms with van der Waals surface area (Å²) in [7, 11) is 0. The van der Waals surface area contributed by atoms with Crippen molar-refractivity contribution in [3.63, 3.8) is 0 Å². The molecule has 1 unspecified atom stereocenters. The van der Waals surface area contributed by atoms with E-state index in [9.17, 15) is 5.11 Å². The molecule has 0 aliphatic carbocycles. The van der Waals surface area contributed by atoms with E-state index in [1.165, 1.54) is 6.42 Å². The number of nitrogens with two attached hydrogens (primary N) is 1. The predicted octanol–water partition coefficient (Wildman–Crippen LogP) is 2.81. The summed E-state index contributed by atoms with van der Waals surface area (Å²) >= 11 is 0. The lowest BCUT2D eigenvalue weighted by molar-refractivity contribution is 0.477. The molecule has 0 radical (unpaired) electrons. The molecule has 110 valence electrons. The number of rotatable bonds is 2. The number of nitrogens with zero attached hydrogens (tertiary/aromatic N) is 3. The molecule has 0 spiro atoms. The van der Waals surface area contributed by atoms with E-state index in [4.69, 9.17) is 5.73 Å².